The van der Waals surface area contributed by atoms with Gasteiger partial charge in [-0.25, -0.2) is 0 Å². The monoisotopic (exact) mass is 421 g/mol. The van der Waals surface area contributed by atoms with Crippen molar-refractivity contribution in [3.63, 3.8) is 0 Å². The first-order valence-corrected chi connectivity index (χ1v) is 12.1. The minimum absolute atomic E-state index is 0.632. The molecular weight excluding hydrogens is 392 g/mol. The summed E-state index contributed by atoms with van der Waals surface area (Å²) in [5, 5.41) is 0. The molecule has 0 amide bonds. The Morgan fingerprint density at radius 3 is 1.90 bits per heavy atom. The average molecular weight is 421 g/mol. The van der Waals surface area contributed by atoms with Gasteiger partial charge in [-0.05, 0) is 0 Å². The first-order chi connectivity index (χ1) is 9.65. The topological polar surface area (TPSA) is 12.9 Å². The summed E-state index contributed by atoms with van der Waals surface area (Å²) in [5.74, 6) is 0. The van der Waals surface area contributed by atoms with Gasteiger partial charge in [0.15, 0.2) is 0 Å². The minimum atomic E-state index is -0.646. The van der Waals surface area contributed by atoms with E-state index in [-0.39, 0.29) is 0 Å². The molecule has 4 heteroatoms. The van der Waals surface area contributed by atoms with Gasteiger partial charge < -0.3 is 0 Å². The van der Waals surface area contributed by atoms with E-state index in [0.29, 0.717) is 3.43 Å². The number of aromatic nitrogens is 1. The van der Waals surface area contributed by atoms with Crippen LogP contribution in [0.2, 0.25) is 7.77 Å². The maximum absolute atomic E-state index is 6.09. The van der Waals surface area contributed by atoms with E-state index >= 15 is 0 Å². The van der Waals surface area contributed by atoms with Gasteiger partial charge in [-0.2, -0.15) is 0 Å². The van der Waals surface area contributed by atoms with Gasteiger partial charge in [0, 0.05) is 0 Å². The van der Waals surface area contributed by atoms with E-state index in [1.807, 2.05) is 6.20 Å². The zero-order chi connectivity index (χ0) is 14.8. The molecule has 0 aliphatic heterocycles. The number of halogens is 1. The summed E-state index contributed by atoms with van der Waals surface area (Å²) in [5.41, 5.74) is 0. The van der Waals surface area contributed by atoms with Crippen molar-refractivity contribution in [3.8, 4) is 0 Å². The SMILES string of the molecule is CCCC[C](CCCC)(CCCC)[Sn][c]1ncc(Cl)s1. The van der Waals surface area contributed by atoms with Crippen molar-refractivity contribution in [2.24, 2.45) is 0 Å². The molecule has 20 heavy (non-hydrogen) atoms. The van der Waals surface area contributed by atoms with E-state index in [4.69, 9.17) is 11.6 Å². The molecule has 0 aliphatic rings. The normalized spacial score (nSPS) is 12.0. The van der Waals surface area contributed by atoms with Crippen molar-refractivity contribution in [1.82, 2.24) is 4.98 Å². The van der Waals surface area contributed by atoms with Crippen LogP contribution >= 0.6 is 22.9 Å². The molecule has 0 bridgehead atoms. The molecule has 0 spiro atoms. The Balaban J connectivity index is 2.80. The van der Waals surface area contributed by atoms with E-state index in [1.165, 1.54) is 60.8 Å². The van der Waals surface area contributed by atoms with Crippen LogP contribution < -0.4 is 3.02 Å². The summed E-state index contributed by atoms with van der Waals surface area (Å²) >= 11 is 7.18. The zero-order valence-electron chi connectivity index (χ0n) is 13.2. The van der Waals surface area contributed by atoms with Gasteiger partial charge in [-0.1, -0.05) is 0 Å². The molecule has 0 saturated carbocycles. The molecule has 0 N–H and O–H groups in total. The third kappa shape index (κ3) is 6.65. The summed E-state index contributed by atoms with van der Waals surface area (Å²) in [4.78, 5) is 4.59. The summed E-state index contributed by atoms with van der Waals surface area (Å²) in [6.45, 7) is 6.95. The molecule has 1 aromatic rings. The first kappa shape index (κ1) is 18.8. The number of hydrogen-bond acceptors (Lipinski definition) is 2. The fraction of sp³-hybridized carbons (Fsp3) is 0.812. The molecule has 0 atom stereocenters. The van der Waals surface area contributed by atoms with Gasteiger partial charge in [0.1, 0.15) is 0 Å². The van der Waals surface area contributed by atoms with Crippen molar-refractivity contribution in [2.45, 2.75) is 82.0 Å². The van der Waals surface area contributed by atoms with E-state index < -0.39 is 21.1 Å². The Labute approximate surface area is 144 Å². The van der Waals surface area contributed by atoms with Gasteiger partial charge in [-0.15, -0.1) is 0 Å². The predicted molar refractivity (Wildman–Crippen MR) is 93.8 cm³/mol. The molecule has 1 aromatic heterocycles. The van der Waals surface area contributed by atoms with Crippen LogP contribution in [0.5, 0.6) is 0 Å². The molecule has 0 aromatic carbocycles. The zero-order valence-corrected chi connectivity index (χ0v) is 17.6. The van der Waals surface area contributed by atoms with Crippen molar-refractivity contribution in [1.29, 1.82) is 0 Å². The first-order valence-electron chi connectivity index (χ1n) is 8.05. The quantitative estimate of drug-likeness (QED) is 0.409. The Hall–Kier alpha value is 0.719. The van der Waals surface area contributed by atoms with Crippen molar-refractivity contribution in [2.75, 3.05) is 0 Å². The van der Waals surface area contributed by atoms with E-state index in [2.05, 4.69) is 25.8 Å². The molecule has 1 rings (SSSR count). The molecule has 114 valence electrons. The number of nitrogens with zero attached hydrogens (tertiary/aromatic N) is 1. The second kappa shape index (κ2) is 10.4. The molecule has 0 fully saturated rings. The van der Waals surface area contributed by atoms with Gasteiger partial charge in [0.05, 0.1) is 0 Å². The van der Waals surface area contributed by atoms with E-state index in [1.54, 1.807) is 11.3 Å². The number of thiazole rings is 1. The predicted octanol–water partition coefficient (Wildman–Crippen LogP) is 5.86. The molecule has 1 heterocycles. The number of hydrogen-bond donors (Lipinski definition) is 0. The van der Waals surface area contributed by atoms with Crippen LogP contribution in [0.25, 0.3) is 0 Å². The molecule has 0 saturated heterocycles. The van der Waals surface area contributed by atoms with Crippen LogP contribution in [0.1, 0.15) is 78.6 Å². The van der Waals surface area contributed by atoms with Crippen LogP contribution in [0, 0.1) is 0 Å². The Bertz CT molecular complexity index is 345. The number of unbranched alkanes of at least 4 members (excludes halogenated alkanes) is 3. The van der Waals surface area contributed by atoms with Crippen LogP contribution in [-0.4, -0.2) is 26.1 Å². The molecule has 0 aliphatic carbocycles. The summed E-state index contributed by atoms with van der Waals surface area (Å²) in [6, 6.07) is 0. The standard InChI is InChI=1S/C13H27.C3HClNS.Sn/c1-4-7-10-13(11-8-5-2)12-9-6-3;4-3-1-5-2-6-3;/h4-12H2,1-3H3;1H;. The molecule has 1 nitrogen and oxygen atoms in total. The Morgan fingerprint density at radius 2 is 1.55 bits per heavy atom. The van der Waals surface area contributed by atoms with Crippen molar-refractivity contribution >= 4 is 47.1 Å². The Morgan fingerprint density at radius 1 is 1.05 bits per heavy atom. The van der Waals surface area contributed by atoms with Crippen LogP contribution in [0.4, 0.5) is 0 Å². The van der Waals surface area contributed by atoms with Gasteiger partial charge in [0.2, 0.25) is 0 Å². The molecule has 0 unspecified atom stereocenters. The third-order valence-corrected chi connectivity index (χ3v) is 11.0. The molecule has 2 radical (unpaired) electrons. The summed E-state index contributed by atoms with van der Waals surface area (Å²) in [7, 11) is 0. The molecular formula is C16H28ClNSSn. The fourth-order valence-electron chi connectivity index (χ4n) is 2.65. The second-order valence-electron chi connectivity index (χ2n) is 5.69. The van der Waals surface area contributed by atoms with Crippen molar-refractivity contribution < 1.29 is 0 Å². The van der Waals surface area contributed by atoms with E-state index in [0.717, 1.165) is 4.34 Å². The second-order valence-corrected chi connectivity index (χ2v) is 13.5. The maximum atomic E-state index is 6.09. The number of rotatable bonds is 11. The van der Waals surface area contributed by atoms with Gasteiger partial charge in [-0.3, -0.25) is 0 Å². The van der Waals surface area contributed by atoms with Gasteiger partial charge >= 0.3 is 145 Å². The average Bonchev–Trinajstić information content (AvgIpc) is 2.85. The van der Waals surface area contributed by atoms with E-state index in [9.17, 15) is 0 Å². The van der Waals surface area contributed by atoms with Crippen LogP contribution in [0.15, 0.2) is 6.20 Å². The third-order valence-electron chi connectivity index (χ3n) is 3.88. The Kier molecular flexibility index (Phi) is 9.80. The van der Waals surface area contributed by atoms with Gasteiger partial charge in [0.25, 0.3) is 0 Å². The van der Waals surface area contributed by atoms with Crippen molar-refractivity contribution in [3.05, 3.63) is 10.5 Å². The summed E-state index contributed by atoms with van der Waals surface area (Å²) < 4.78 is 2.91. The van der Waals surface area contributed by atoms with Crippen LogP contribution in [-0.2, 0) is 0 Å². The van der Waals surface area contributed by atoms with Crippen LogP contribution in [0.3, 0.4) is 0 Å². The summed E-state index contributed by atoms with van der Waals surface area (Å²) in [6.07, 6.45) is 14.2. The fourth-order valence-corrected chi connectivity index (χ4v) is 11.0.